The Balaban J connectivity index is 2.82. The summed E-state index contributed by atoms with van der Waals surface area (Å²) in [5, 5.41) is 9.83. The minimum absolute atomic E-state index is 0.139. The van der Waals surface area contributed by atoms with Gasteiger partial charge in [0.15, 0.2) is 0 Å². The number of allylic oxidation sites excluding steroid dienone is 1. The number of rotatable bonds is 2. The molecule has 1 aliphatic carbocycles. The van der Waals surface area contributed by atoms with Gasteiger partial charge in [-0.25, -0.2) is 0 Å². The van der Waals surface area contributed by atoms with E-state index < -0.39 is 0 Å². The average Bonchev–Trinajstić information content (AvgIpc) is 2.37. The molecule has 1 fully saturated rings. The van der Waals surface area contributed by atoms with Crippen LogP contribution < -0.4 is 0 Å². The molecule has 104 valence electrons. The first-order chi connectivity index (χ1) is 8.40. The molecule has 1 saturated carbocycles. The van der Waals surface area contributed by atoms with E-state index in [1.165, 1.54) is 38.5 Å². The van der Waals surface area contributed by atoms with E-state index in [0.717, 1.165) is 18.6 Å². The normalized spacial score (nSPS) is 20.9. The fraction of sp³-hybridized carbons (Fsp3) is 0.812. The summed E-state index contributed by atoms with van der Waals surface area (Å²) in [5.41, 5.74) is 0.712. The van der Waals surface area contributed by atoms with Gasteiger partial charge in [0.2, 0.25) is 0 Å². The smallest absolute Gasteiger partial charge is 0.129 e. The molecule has 18 heavy (non-hydrogen) atoms. The maximum Gasteiger partial charge on any atom is 0.129 e. The summed E-state index contributed by atoms with van der Waals surface area (Å²) >= 11 is 0. The molecule has 0 radical (unpaired) electrons. The lowest BCUT2D eigenvalue weighted by Crippen LogP contribution is -2.22. The van der Waals surface area contributed by atoms with Crippen molar-refractivity contribution in [1.82, 2.24) is 0 Å². The topological polar surface area (TPSA) is 32.6 Å². The Morgan fingerprint density at radius 3 is 1.83 bits per heavy atom. The second kappa shape index (κ2) is 6.96. The molecule has 1 aliphatic rings. The third kappa shape index (κ3) is 5.70. The second-order valence-corrected chi connectivity index (χ2v) is 6.51. The summed E-state index contributed by atoms with van der Waals surface area (Å²) in [4.78, 5) is 4.70. The Morgan fingerprint density at radius 2 is 1.44 bits per heavy atom. The van der Waals surface area contributed by atoms with E-state index in [0.29, 0.717) is 5.92 Å². The molecule has 0 spiro atoms. The van der Waals surface area contributed by atoms with Crippen LogP contribution in [0.1, 0.15) is 72.1 Å². The van der Waals surface area contributed by atoms with Crippen LogP contribution in [0.4, 0.5) is 0 Å². The van der Waals surface area contributed by atoms with Crippen LogP contribution in [0.15, 0.2) is 17.3 Å². The molecule has 0 atom stereocenters. The highest BCUT2D eigenvalue weighted by Gasteiger charge is 2.21. The average molecular weight is 251 g/mol. The van der Waals surface area contributed by atoms with Gasteiger partial charge in [-0.3, -0.25) is 4.99 Å². The lowest BCUT2D eigenvalue weighted by molar-refractivity contribution is 0.424. The van der Waals surface area contributed by atoms with Crippen LogP contribution in [0.3, 0.4) is 0 Å². The number of hydrogen-bond donors (Lipinski definition) is 1. The molecule has 0 aromatic carbocycles. The van der Waals surface area contributed by atoms with Gasteiger partial charge in [-0.15, -0.1) is 0 Å². The zero-order chi connectivity index (χ0) is 13.6. The summed E-state index contributed by atoms with van der Waals surface area (Å²) < 4.78 is 0. The fourth-order valence-electron chi connectivity index (χ4n) is 2.66. The van der Waals surface area contributed by atoms with Gasteiger partial charge in [-0.05, 0) is 33.6 Å². The predicted octanol–water partition coefficient (Wildman–Crippen LogP) is 5.05. The number of aliphatic imine (C=N–C) groups is 1. The molecule has 0 bridgehead atoms. The zero-order valence-corrected chi connectivity index (χ0v) is 12.3. The molecule has 0 heterocycles. The van der Waals surface area contributed by atoms with Crippen LogP contribution in [0.25, 0.3) is 0 Å². The van der Waals surface area contributed by atoms with E-state index in [9.17, 15) is 5.11 Å². The Hall–Kier alpha value is -0.790. The van der Waals surface area contributed by atoms with Crippen molar-refractivity contribution in [3.63, 3.8) is 0 Å². The Morgan fingerprint density at radius 1 is 1.00 bits per heavy atom. The Labute approximate surface area is 112 Å². The SMILES string of the molecule is C=C(O)/C(=N\C(C)(C)C)C1CCCCCCCC1. The molecule has 0 aliphatic heterocycles. The minimum atomic E-state index is -0.139. The van der Waals surface area contributed by atoms with Crippen LogP contribution >= 0.6 is 0 Å². The zero-order valence-electron chi connectivity index (χ0n) is 12.3. The van der Waals surface area contributed by atoms with Crippen molar-refractivity contribution in [3.05, 3.63) is 12.3 Å². The van der Waals surface area contributed by atoms with E-state index in [4.69, 9.17) is 4.99 Å². The molecule has 0 saturated heterocycles. The molecule has 2 nitrogen and oxygen atoms in total. The molecular formula is C16H29NO. The maximum atomic E-state index is 9.83. The molecule has 0 amide bonds. The highest BCUT2D eigenvalue weighted by atomic mass is 16.3. The molecule has 1 rings (SSSR count). The molecule has 0 aromatic rings. The minimum Gasteiger partial charge on any atom is -0.507 e. The number of nitrogens with zero attached hydrogens (tertiary/aromatic N) is 1. The molecule has 0 aromatic heterocycles. The van der Waals surface area contributed by atoms with Crippen LogP contribution in [0, 0.1) is 5.92 Å². The molecule has 2 heteroatoms. The van der Waals surface area contributed by atoms with Crippen LogP contribution in [-0.2, 0) is 0 Å². The summed E-state index contributed by atoms with van der Waals surface area (Å²) in [6.45, 7) is 9.94. The van der Waals surface area contributed by atoms with Gasteiger partial charge in [-0.1, -0.05) is 45.1 Å². The van der Waals surface area contributed by atoms with Gasteiger partial charge in [0.1, 0.15) is 5.76 Å². The summed E-state index contributed by atoms with van der Waals surface area (Å²) in [6.07, 6.45) is 10.1. The standard InChI is InChI=1S/C16H29NO/c1-13(18)15(17-16(2,3)4)14-11-9-7-5-6-8-10-12-14/h14,18H,1,5-12H2,2-4H3/b17-15+. The summed E-state index contributed by atoms with van der Waals surface area (Å²) in [6, 6.07) is 0. The fourth-order valence-corrected chi connectivity index (χ4v) is 2.66. The Bertz CT molecular complexity index is 289. The number of hydrogen-bond acceptors (Lipinski definition) is 2. The van der Waals surface area contributed by atoms with Gasteiger partial charge < -0.3 is 5.11 Å². The third-order valence-electron chi connectivity index (χ3n) is 3.49. The van der Waals surface area contributed by atoms with Crippen molar-refractivity contribution >= 4 is 5.71 Å². The van der Waals surface area contributed by atoms with Crippen molar-refractivity contribution in [2.75, 3.05) is 0 Å². The Kier molecular flexibility index (Phi) is 5.90. The maximum absolute atomic E-state index is 9.83. The largest absolute Gasteiger partial charge is 0.507 e. The lowest BCUT2D eigenvalue weighted by atomic mass is 9.90. The van der Waals surface area contributed by atoms with E-state index in [-0.39, 0.29) is 11.3 Å². The number of aliphatic hydroxyl groups is 1. The van der Waals surface area contributed by atoms with E-state index >= 15 is 0 Å². The highest BCUT2D eigenvalue weighted by Crippen LogP contribution is 2.26. The van der Waals surface area contributed by atoms with E-state index in [2.05, 4.69) is 27.4 Å². The van der Waals surface area contributed by atoms with Gasteiger partial charge in [0.05, 0.1) is 11.3 Å². The first-order valence-corrected chi connectivity index (χ1v) is 7.38. The molecular weight excluding hydrogens is 222 g/mol. The third-order valence-corrected chi connectivity index (χ3v) is 3.49. The van der Waals surface area contributed by atoms with Crippen LogP contribution in [0.2, 0.25) is 0 Å². The molecule has 1 N–H and O–H groups in total. The van der Waals surface area contributed by atoms with Crippen LogP contribution in [-0.4, -0.2) is 16.4 Å². The molecule has 0 unspecified atom stereocenters. The number of aliphatic hydroxyl groups excluding tert-OH is 1. The quantitative estimate of drug-likeness (QED) is 0.540. The van der Waals surface area contributed by atoms with Crippen LogP contribution in [0.5, 0.6) is 0 Å². The van der Waals surface area contributed by atoms with Crippen molar-refractivity contribution in [1.29, 1.82) is 0 Å². The van der Waals surface area contributed by atoms with Crippen molar-refractivity contribution in [3.8, 4) is 0 Å². The summed E-state index contributed by atoms with van der Waals surface area (Å²) in [7, 11) is 0. The lowest BCUT2D eigenvalue weighted by Gasteiger charge is -2.22. The predicted molar refractivity (Wildman–Crippen MR) is 79.4 cm³/mol. The highest BCUT2D eigenvalue weighted by molar-refractivity contribution is 5.99. The first-order valence-electron chi connectivity index (χ1n) is 7.38. The first kappa shape index (κ1) is 15.3. The van der Waals surface area contributed by atoms with Crippen molar-refractivity contribution < 1.29 is 5.11 Å². The summed E-state index contributed by atoms with van der Waals surface area (Å²) in [5.74, 6) is 0.578. The van der Waals surface area contributed by atoms with E-state index in [1.54, 1.807) is 0 Å². The monoisotopic (exact) mass is 251 g/mol. The van der Waals surface area contributed by atoms with E-state index in [1.807, 2.05) is 0 Å². The van der Waals surface area contributed by atoms with Gasteiger partial charge in [0.25, 0.3) is 0 Å². The van der Waals surface area contributed by atoms with Gasteiger partial charge in [0, 0.05) is 5.92 Å². The van der Waals surface area contributed by atoms with Crippen molar-refractivity contribution in [2.45, 2.75) is 77.7 Å². The van der Waals surface area contributed by atoms with Gasteiger partial charge >= 0.3 is 0 Å². The van der Waals surface area contributed by atoms with Crippen molar-refractivity contribution in [2.24, 2.45) is 10.9 Å². The second-order valence-electron chi connectivity index (χ2n) is 6.51. The van der Waals surface area contributed by atoms with Gasteiger partial charge in [-0.2, -0.15) is 0 Å².